The molecule has 0 radical (unpaired) electrons. The number of fused-ring (bicyclic) bond motifs is 3. The molecule has 4 heterocycles. The molecule has 0 fully saturated rings. The van der Waals surface area contributed by atoms with Crippen LogP contribution in [0.25, 0.3) is 16.7 Å². The van der Waals surface area contributed by atoms with Crippen molar-refractivity contribution in [3.8, 4) is 11.4 Å². The first-order valence-corrected chi connectivity index (χ1v) is 9.71. The van der Waals surface area contributed by atoms with Gasteiger partial charge in [-0.2, -0.15) is 0 Å². The Morgan fingerprint density at radius 1 is 1.23 bits per heavy atom. The Bertz CT molecular complexity index is 1230. The largest absolute Gasteiger partial charge is 0.487 e. The van der Waals surface area contributed by atoms with Crippen LogP contribution in [-0.4, -0.2) is 15.6 Å². The fourth-order valence-electron chi connectivity index (χ4n) is 3.73. The van der Waals surface area contributed by atoms with E-state index in [2.05, 4.69) is 17.2 Å². The van der Waals surface area contributed by atoms with Crippen molar-refractivity contribution >= 4 is 23.4 Å². The highest BCUT2D eigenvalue weighted by Crippen LogP contribution is 2.30. The highest BCUT2D eigenvalue weighted by Gasteiger charge is 2.21. The molecular weight excluding hydrogens is 402 g/mol. The summed E-state index contributed by atoms with van der Waals surface area (Å²) in [6.45, 7) is 3.28. The van der Waals surface area contributed by atoms with Gasteiger partial charge in [0.05, 0.1) is 11.4 Å². The first-order valence-electron chi connectivity index (χ1n) is 9.71. The molecule has 4 aromatic rings. The molecule has 6 nitrogen and oxygen atoms in total. The van der Waals surface area contributed by atoms with Crippen LogP contribution in [-0.2, 0) is 19.6 Å². The van der Waals surface area contributed by atoms with Crippen molar-refractivity contribution in [2.24, 2.45) is 0 Å². The number of nitrogens with zero attached hydrogens (tertiary/aromatic N) is 2. The van der Waals surface area contributed by atoms with E-state index in [-0.39, 0.29) is 18.0 Å². The van der Waals surface area contributed by atoms with Crippen LogP contribution < -0.4 is 15.6 Å². The monoisotopic (exact) mass is 423 g/mol. The van der Waals surface area contributed by atoms with Gasteiger partial charge in [0.15, 0.2) is 0 Å². The molecule has 0 amide bonds. The summed E-state index contributed by atoms with van der Waals surface area (Å²) >= 11 is 0. The summed E-state index contributed by atoms with van der Waals surface area (Å²) in [5.41, 5.74) is 3.45. The maximum atomic E-state index is 12.7. The Morgan fingerprint density at radius 3 is 2.93 bits per heavy atom. The van der Waals surface area contributed by atoms with Gasteiger partial charge in [-0.3, -0.25) is 14.3 Å². The maximum absolute atomic E-state index is 12.7. The third-order valence-electron chi connectivity index (χ3n) is 5.26. The zero-order valence-corrected chi connectivity index (χ0v) is 17.3. The topological polar surface area (TPSA) is 69.3 Å². The average molecular weight is 424 g/mol. The normalized spacial score (nSPS) is 15.4. The van der Waals surface area contributed by atoms with Crippen molar-refractivity contribution in [2.45, 2.75) is 32.5 Å². The van der Waals surface area contributed by atoms with Crippen molar-refractivity contribution in [1.82, 2.24) is 14.9 Å². The molecule has 0 saturated carbocycles. The second-order valence-electron chi connectivity index (χ2n) is 7.35. The van der Waals surface area contributed by atoms with Gasteiger partial charge in [-0.15, -0.1) is 12.4 Å². The number of halogens is 1. The lowest BCUT2D eigenvalue weighted by Crippen LogP contribution is -2.32. The molecule has 0 saturated heterocycles. The first kappa shape index (κ1) is 20.2. The molecule has 154 valence electrons. The van der Waals surface area contributed by atoms with E-state index in [1.54, 1.807) is 23.0 Å². The van der Waals surface area contributed by atoms with E-state index in [1.807, 2.05) is 36.4 Å². The van der Waals surface area contributed by atoms with Crippen LogP contribution in [0.5, 0.6) is 5.75 Å². The lowest BCUT2D eigenvalue weighted by Gasteiger charge is -2.18. The molecule has 1 aromatic carbocycles. The summed E-state index contributed by atoms with van der Waals surface area (Å²) in [6, 6.07) is 15.2. The van der Waals surface area contributed by atoms with Gasteiger partial charge < -0.3 is 14.5 Å². The van der Waals surface area contributed by atoms with Gasteiger partial charge in [-0.05, 0) is 37.3 Å². The minimum Gasteiger partial charge on any atom is -0.487 e. The van der Waals surface area contributed by atoms with Crippen LogP contribution in [0.3, 0.4) is 0 Å². The summed E-state index contributed by atoms with van der Waals surface area (Å²) < 4.78 is 13.4. The highest BCUT2D eigenvalue weighted by molar-refractivity contribution is 5.85. The van der Waals surface area contributed by atoms with Gasteiger partial charge in [-0.1, -0.05) is 6.07 Å². The third kappa shape index (κ3) is 3.84. The van der Waals surface area contributed by atoms with Crippen LogP contribution in [0.4, 0.5) is 0 Å². The fraction of sp³-hybridized carbons (Fsp3) is 0.217. The van der Waals surface area contributed by atoms with Gasteiger partial charge >= 0.3 is 0 Å². The zero-order chi connectivity index (χ0) is 19.8. The van der Waals surface area contributed by atoms with Crippen LogP contribution >= 0.6 is 12.4 Å². The summed E-state index contributed by atoms with van der Waals surface area (Å²) in [6.07, 6.45) is 4.32. The number of pyridine rings is 2. The summed E-state index contributed by atoms with van der Waals surface area (Å²) in [5.74, 6) is 1.56. The molecule has 0 unspecified atom stereocenters. The number of aromatic nitrogens is 2. The lowest BCUT2D eigenvalue weighted by molar-refractivity contribution is 0.300. The predicted molar refractivity (Wildman–Crippen MR) is 118 cm³/mol. The van der Waals surface area contributed by atoms with Gasteiger partial charge in [0, 0.05) is 54.5 Å². The Hall–Kier alpha value is -3.09. The molecule has 0 bridgehead atoms. The molecule has 7 heteroatoms. The van der Waals surface area contributed by atoms with E-state index in [0.717, 1.165) is 41.1 Å². The number of benzene rings is 1. The second-order valence-corrected chi connectivity index (χ2v) is 7.35. The quantitative estimate of drug-likeness (QED) is 0.537. The first-order chi connectivity index (χ1) is 14.2. The van der Waals surface area contributed by atoms with E-state index in [1.165, 1.54) is 11.6 Å². The van der Waals surface area contributed by atoms with E-state index in [0.29, 0.717) is 18.4 Å². The maximum Gasteiger partial charge on any atom is 0.258 e. The summed E-state index contributed by atoms with van der Waals surface area (Å²) in [7, 11) is 0. The summed E-state index contributed by atoms with van der Waals surface area (Å²) in [4.78, 5) is 16.9. The van der Waals surface area contributed by atoms with Crippen LogP contribution in [0.15, 0.2) is 70.1 Å². The van der Waals surface area contributed by atoms with Gasteiger partial charge in [0.2, 0.25) is 0 Å². The predicted octanol–water partition coefficient (Wildman–Crippen LogP) is 4.01. The van der Waals surface area contributed by atoms with Crippen LogP contribution in [0.2, 0.25) is 0 Å². The molecule has 0 aliphatic carbocycles. The van der Waals surface area contributed by atoms with Crippen LogP contribution in [0.1, 0.15) is 23.9 Å². The zero-order valence-electron chi connectivity index (χ0n) is 16.5. The third-order valence-corrected chi connectivity index (χ3v) is 5.26. The minimum absolute atomic E-state index is 0. The molecule has 5 rings (SSSR count). The second kappa shape index (κ2) is 8.34. The van der Waals surface area contributed by atoms with Crippen molar-refractivity contribution < 1.29 is 9.15 Å². The number of hydrogen-bond donors (Lipinski definition) is 1. The Kier molecular flexibility index (Phi) is 5.61. The molecule has 1 aliphatic heterocycles. The molecule has 1 atom stereocenters. The van der Waals surface area contributed by atoms with E-state index >= 15 is 0 Å². The summed E-state index contributed by atoms with van der Waals surface area (Å²) in [5, 5.41) is 4.57. The van der Waals surface area contributed by atoms with Crippen molar-refractivity contribution in [3.05, 3.63) is 88.3 Å². The lowest BCUT2D eigenvalue weighted by atomic mass is 10.0. The van der Waals surface area contributed by atoms with E-state index in [4.69, 9.17) is 9.15 Å². The molecular formula is C23H22ClN3O3. The van der Waals surface area contributed by atoms with Gasteiger partial charge in [-0.25, -0.2) is 0 Å². The van der Waals surface area contributed by atoms with Crippen LogP contribution in [0, 0.1) is 0 Å². The molecule has 3 aromatic heterocycles. The molecule has 1 N–H and O–H groups in total. The fourth-order valence-corrected chi connectivity index (χ4v) is 3.73. The van der Waals surface area contributed by atoms with Gasteiger partial charge in [0.25, 0.3) is 5.56 Å². The van der Waals surface area contributed by atoms with Crippen molar-refractivity contribution in [1.29, 1.82) is 0 Å². The standard InChI is InChI=1S/C23H21N3O3.ClH/c1-15-10-21-20(13-25-15)19-6-5-17(11-22(19)29-21)26-9-7-18(12-23(26)27)28-14-16-4-2-3-8-24-16;/h2-9,11-12,15,25H,10,13-14H2,1H3;1H/t15-;/m0./s1. The van der Waals surface area contributed by atoms with E-state index in [9.17, 15) is 4.79 Å². The number of furan rings is 1. The number of hydrogen-bond acceptors (Lipinski definition) is 5. The number of ether oxygens (including phenoxy) is 1. The van der Waals surface area contributed by atoms with Gasteiger partial charge in [0.1, 0.15) is 23.7 Å². The minimum atomic E-state index is -0.158. The molecule has 0 spiro atoms. The van der Waals surface area contributed by atoms with Crippen molar-refractivity contribution in [3.63, 3.8) is 0 Å². The smallest absolute Gasteiger partial charge is 0.258 e. The van der Waals surface area contributed by atoms with E-state index < -0.39 is 0 Å². The highest BCUT2D eigenvalue weighted by atomic mass is 35.5. The number of nitrogens with one attached hydrogen (secondary N) is 1. The SMILES string of the molecule is C[C@H]1Cc2oc3cc(-n4ccc(OCc5ccccn5)cc4=O)ccc3c2CN1.Cl. The number of rotatable bonds is 4. The molecule has 30 heavy (non-hydrogen) atoms. The van der Waals surface area contributed by atoms with Crippen molar-refractivity contribution in [2.75, 3.05) is 0 Å². The Balaban J connectivity index is 0.00000218. The Morgan fingerprint density at radius 2 is 2.13 bits per heavy atom. The molecule has 1 aliphatic rings. The Labute approximate surface area is 179 Å². The average Bonchev–Trinajstić information content (AvgIpc) is 3.09.